The van der Waals surface area contributed by atoms with Crippen molar-refractivity contribution in [1.82, 2.24) is 24.5 Å². The predicted octanol–water partition coefficient (Wildman–Crippen LogP) is 1.94. The molecular formula is C23H25FN7O+. The molecule has 0 spiro atoms. The minimum Gasteiger partial charge on any atom is -0.309 e. The Hall–Kier alpha value is -3.59. The molecule has 1 fully saturated rings. The molecule has 1 aliphatic heterocycles. The van der Waals surface area contributed by atoms with Crippen LogP contribution in [0.3, 0.4) is 0 Å². The number of alkyl halides is 1. The Balaban J connectivity index is 1.78. The summed E-state index contributed by atoms with van der Waals surface area (Å²) in [6, 6.07) is 13.6. The fourth-order valence-electron chi connectivity index (χ4n) is 4.46. The van der Waals surface area contributed by atoms with Gasteiger partial charge in [0.2, 0.25) is 5.65 Å². The van der Waals surface area contributed by atoms with Crippen LogP contribution in [0.25, 0.3) is 28.0 Å². The number of nitrogen functional groups attached to an aromatic ring is 1. The monoisotopic (exact) mass is 434 g/mol. The Morgan fingerprint density at radius 1 is 1.19 bits per heavy atom. The first-order chi connectivity index (χ1) is 15.4. The molecule has 0 amide bonds. The van der Waals surface area contributed by atoms with Gasteiger partial charge in [0.05, 0.1) is 12.1 Å². The highest BCUT2D eigenvalue weighted by Gasteiger charge is 2.29. The van der Waals surface area contributed by atoms with E-state index in [0.717, 1.165) is 33.8 Å². The molecule has 0 saturated carbocycles. The summed E-state index contributed by atoms with van der Waals surface area (Å²) in [5.74, 6) is 0.184. The van der Waals surface area contributed by atoms with Gasteiger partial charge in [0.1, 0.15) is 11.9 Å². The summed E-state index contributed by atoms with van der Waals surface area (Å²) in [6.07, 6.45) is -0.554. The lowest BCUT2D eigenvalue weighted by molar-refractivity contribution is -0.351. The Morgan fingerprint density at radius 2 is 1.91 bits per heavy atom. The van der Waals surface area contributed by atoms with E-state index in [-0.39, 0.29) is 24.2 Å². The maximum atomic E-state index is 13.6. The van der Waals surface area contributed by atoms with Crippen molar-refractivity contribution in [3.8, 4) is 22.4 Å². The van der Waals surface area contributed by atoms with Gasteiger partial charge in [-0.1, -0.05) is 30.3 Å². The Kier molecular flexibility index (Phi) is 4.97. The van der Waals surface area contributed by atoms with Crippen LogP contribution in [-0.4, -0.2) is 37.9 Å². The minimum atomic E-state index is -0.908. The number of benzene rings is 1. The van der Waals surface area contributed by atoms with Crippen molar-refractivity contribution < 1.29 is 9.37 Å². The number of nitrogens with one attached hydrogen (secondary N) is 2. The maximum absolute atomic E-state index is 13.6. The Morgan fingerprint density at radius 3 is 2.56 bits per heavy atom. The Labute approximate surface area is 183 Å². The van der Waals surface area contributed by atoms with Crippen LogP contribution in [0.15, 0.2) is 47.3 Å². The highest BCUT2D eigenvalue weighted by Crippen LogP contribution is 2.32. The average molecular weight is 434 g/mol. The molecule has 3 aromatic heterocycles. The molecule has 0 unspecified atom stereocenters. The first kappa shape index (κ1) is 20.3. The number of hydrogen-bond donors (Lipinski definition) is 2. The second-order valence-corrected chi connectivity index (χ2v) is 8.33. The van der Waals surface area contributed by atoms with Crippen LogP contribution in [0.1, 0.15) is 17.8 Å². The van der Waals surface area contributed by atoms with Gasteiger partial charge in [-0.3, -0.25) is 10.7 Å². The van der Waals surface area contributed by atoms with Gasteiger partial charge in [-0.15, -0.1) is 9.50 Å². The SMILES string of the molecule is Cc1cc(-c2c(-c3ccccc3)[nH+]c(N)n3c(=O)n(C[C@@H]4C[C@@H](F)CN4)nc23)cc(C)n1. The molecule has 0 radical (unpaired) electrons. The lowest BCUT2D eigenvalue weighted by atomic mass is 9.99. The molecule has 4 N–H and O–H groups in total. The van der Waals surface area contributed by atoms with E-state index in [2.05, 4.69) is 20.4 Å². The third-order valence-electron chi connectivity index (χ3n) is 5.80. The molecule has 4 aromatic rings. The van der Waals surface area contributed by atoms with E-state index < -0.39 is 6.17 Å². The summed E-state index contributed by atoms with van der Waals surface area (Å²) in [4.78, 5) is 20.9. The number of fused-ring (bicyclic) bond motifs is 1. The zero-order valence-electron chi connectivity index (χ0n) is 18.0. The lowest BCUT2D eigenvalue weighted by Crippen LogP contribution is -2.33. The number of aryl methyl sites for hydroxylation is 2. The zero-order valence-corrected chi connectivity index (χ0v) is 18.0. The lowest BCUT2D eigenvalue weighted by Gasteiger charge is -2.10. The third kappa shape index (κ3) is 3.54. The average Bonchev–Trinajstić information content (AvgIpc) is 3.31. The van der Waals surface area contributed by atoms with Crippen molar-refractivity contribution in [1.29, 1.82) is 0 Å². The van der Waals surface area contributed by atoms with Crippen LogP contribution in [-0.2, 0) is 6.54 Å². The molecule has 5 rings (SSSR count). The van der Waals surface area contributed by atoms with Crippen LogP contribution in [0, 0.1) is 13.8 Å². The molecule has 1 aliphatic rings. The topological polar surface area (TPSA) is 104 Å². The van der Waals surface area contributed by atoms with Gasteiger partial charge in [-0.05, 0) is 38.0 Å². The number of pyridine rings is 1. The molecule has 4 heterocycles. The van der Waals surface area contributed by atoms with Crippen LogP contribution < -0.4 is 21.7 Å². The zero-order chi connectivity index (χ0) is 22.4. The molecule has 9 heteroatoms. The molecule has 32 heavy (non-hydrogen) atoms. The highest BCUT2D eigenvalue weighted by molar-refractivity contribution is 5.88. The van der Waals surface area contributed by atoms with Crippen molar-refractivity contribution in [3.05, 3.63) is 64.3 Å². The fourth-order valence-corrected chi connectivity index (χ4v) is 4.46. The van der Waals surface area contributed by atoms with Crippen LogP contribution in [0.5, 0.6) is 0 Å². The van der Waals surface area contributed by atoms with Crippen molar-refractivity contribution in [2.75, 3.05) is 12.3 Å². The van der Waals surface area contributed by atoms with Gasteiger partial charge in [-0.25, -0.2) is 14.2 Å². The van der Waals surface area contributed by atoms with Gasteiger partial charge < -0.3 is 5.32 Å². The second kappa shape index (κ2) is 7.83. The number of halogens is 1. The summed E-state index contributed by atoms with van der Waals surface area (Å²) in [6.45, 7) is 4.43. The quantitative estimate of drug-likeness (QED) is 0.511. The second-order valence-electron chi connectivity index (χ2n) is 8.33. The van der Waals surface area contributed by atoms with E-state index in [4.69, 9.17) is 5.73 Å². The molecule has 1 saturated heterocycles. The van der Waals surface area contributed by atoms with E-state index >= 15 is 0 Å². The fraction of sp³-hybridized carbons (Fsp3) is 0.304. The normalized spacial score (nSPS) is 18.5. The van der Waals surface area contributed by atoms with Gasteiger partial charge in [0.25, 0.3) is 0 Å². The summed E-state index contributed by atoms with van der Waals surface area (Å²) in [5.41, 5.74) is 11.5. The van der Waals surface area contributed by atoms with Crippen LogP contribution in [0.2, 0.25) is 0 Å². The summed E-state index contributed by atoms with van der Waals surface area (Å²) in [7, 11) is 0. The summed E-state index contributed by atoms with van der Waals surface area (Å²) >= 11 is 0. The van der Waals surface area contributed by atoms with Crippen molar-refractivity contribution >= 4 is 11.6 Å². The minimum absolute atomic E-state index is 0.153. The number of aromatic amines is 1. The first-order valence-electron chi connectivity index (χ1n) is 10.6. The van der Waals surface area contributed by atoms with Crippen molar-refractivity contribution in [2.24, 2.45) is 0 Å². The summed E-state index contributed by atoms with van der Waals surface area (Å²) < 4.78 is 16.4. The highest BCUT2D eigenvalue weighted by atomic mass is 19.1. The van der Waals surface area contributed by atoms with Gasteiger partial charge >= 0.3 is 11.6 Å². The smallest absolute Gasteiger partial charge is 0.309 e. The van der Waals surface area contributed by atoms with E-state index in [0.29, 0.717) is 18.6 Å². The van der Waals surface area contributed by atoms with E-state index in [1.807, 2.05) is 56.3 Å². The largest absolute Gasteiger partial charge is 0.411 e. The van der Waals surface area contributed by atoms with Crippen molar-refractivity contribution in [3.63, 3.8) is 0 Å². The molecule has 164 valence electrons. The van der Waals surface area contributed by atoms with Crippen molar-refractivity contribution in [2.45, 2.75) is 39.0 Å². The number of nitrogens with two attached hydrogens (primary N) is 1. The number of anilines is 1. The van der Waals surface area contributed by atoms with E-state index in [1.165, 1.54) is 9.08 Å². The first-order valence-corrected chi connectivity index (χ1v) is 10.6. The number of aromatic nitrogens is 5. The molecule has 8 nitrogen and oxygen atoms in total. The number of rotatable bonds is 4. The molecule has 0 aliphatic carbocycles. The van der Waals surface area contributed by atoms with Gasteiger partial charge in [0, 0.05) is 29.5 Å². The number of H-pyrrole nitrogens is 1. The van der Waals surface area contributed by atoms with Crippen LogP contribution in [0.4, 0.5) is 10.3 Å². The van der Waals surface area contributed by atoms with E-state index in [9.17, 15) is 9.18 Å². The predicted molar refractivity (Wildman–Crippen MR) is 120 cm³/mol. The molecule has 1 aromatic carbocycles. The standard InChI is InChI=1S/C23H24FN7O/c1-13-8-16(9-14(2)27-13)19-20(15-6-4-3-5-7-15)28-22(25)31-21(19)29-30(23(31)32)12-18-10-17(24)11-26-18/h3-9,17-18,26H,10-12H2,1-2H3,(H2,25,28)/p+1/t17-,18+/m1/s1. The molecular weight excluding hydrogens is 409 g/mol. The van der Waals surface area contributed by atoms with Gasteiger partial charge in [-0.2, -0.15) is 4.68 Å². The Bertz CT molecular complexity index is 1340. The van der Waals surface area contributed by atoms with Gasteiger partial charge in [0.15, 0.2) is 0 Å². The van der Waals surface area contributed by atoms with E-state index in [1.54, 1.807) is 0 Å². The maximum Gasteiger partial charge on any atom is 0.411 e. The van der Waals surface area contributed by atoms with Crippen LogP contribution >= 0.6 is 0 Å². The summed E-state index contributed by atoms with van der Waals surface area (Å²) in [5, 5.41) is 7.78. The molecule has 0 bridgehead atoms. The number of hydrogen-bond acceptors (Lipinski definition) is 5. The molecule has 2 atom stereocenters. The number of nitrogens with zero attached hydrogens (tertiary/aromatic N) is 4. The third-order valence-corrected chi connectivity index (χ3v) is 5.80.